The van der Waals surface area contributed by atoms with E-state index in [-0.39, 0.29) is 23.0 Å². The van der Waals surface area contributed by atoms with Gasteiger partial charge < -0.3 is 14.2 Å². The Morgan fingerprint density at radius 3 is 2.50 bits per heavy atom. The molecule has 0 saturated heterocycles. The minimum atomic E-state index is -3.59. The van der Waals surface area contributed by atoms with Gasteiger partial charge in [0.2, 0.25) is 10.0 Å². The lowest BCUT2D eigenvalue weighted by Gasteiger charge is -2.12. The normalized spacial score (nSPS) is 11.8. The predicted octanol–water partition coefficient (Wildman–Crippen LogP) is 3.30. The van der Waals surface area contributed by atoms with E-state index >= 15 is 0 Å². The van der Waals surface area contributed by atoms with Gasteiger partial charge in [-0.15, -0.1) is 0 Å². The molecule has 0 aromatic heterocycles. The number of benzene rings is 2. The zero-order chi connectivity index (χ0) is 22.3. The second-order valence-corrected chi connectivity index (χ2v) is 8.32. The van der Waals surface area contributed by atoms with Crippen LogP contribution in [0.2, 0.25) is 0 Å². The van der Waals surface area contributed by atoms with E-state index < -0.39 is 22.6 Å². The number of rotatable bonds is 9. The molecule has 0 N–H and O–H groups in total. The van der Waals surface area contributed by atoms with Gasteiger partial charge in [0.1, 0.15) is 6.61 Å². The van der Waals surface area contributed by atoms with Crippen LogP contribution in [0.5, 0.6) is 11.5 Å². The lowest BCUT2D eigenvalue weighted by molar-refractivity contribution is -0.138. The van der Waals surface area contributed by atoms with Gasteiger partial charge in [0.05, 0.1) is 12.0 Å². The molecule has 0 spiro atoms. The second kappa shape index (κ2) is 10.2. The van der Waals surface area contributed by atoms with Crippen LogP contribution in [-0.2, 0) is 26.2 Å². The number of sulfonamides is 1. The van der Waals surface area contributed by atoms with E-state index in [0.29, 0.717) is 11.1 Å². The predicted molar refractivity (Wildman–Crippen MR) is 106 cm³/mol. The van der Waals surface area contributed by atoms with Gasteiger partial charge in [-0.1, -0.05) is 18.2 Å². The third kappa shape index (κ3) is 6.26. The lowest BCUT2D eigenvalue weighted by Crippen LogP contribution is -2.22. The third-order valence-corrected chi connectivity index (χ3v) is 5.68. The molecule has 0 bridgehead atoms. The summed E-state index contributed by atoms with van der Waals surface area (Å²) < 4.78 is 64.6. The van der Waals surface area contributed by atoms with E-state index in [4.69, 9.17) is 9.47 Å². The Labute approximate surface area is 173 Å². The summed E-state index contributed by atoms with van der Waals surface area (Å²) in [5.41, 5.74) is 1.01. The number of nitrogens with zero attached hydrogens (tertiary/aromatic N) is 1. The van der Waals surface area contributed by atoms with E-state index in [2.05, 4.69) is 4.74 Å². The van der Waals surface area contributed by atoms with E-state index in [1.165, 1.54) is 57.6 Å². The fourth-order valence-electron chi connectivity index (χ4n) is 2.35. The molecule has 0 aliphatic heterocycles. The zero-order valence-corrected chi connectivity index (χ0v) is 17.4. The van der Waals surface area contributed by atoms with Crippen molar-refractivity contribution in [3.05, 3.63) is 59.7 Å². The van der Waals surface area contributed by atoms with Crippen LogP contribution in [0, 0.1) is 0 Å². The summed E-state index contributed by atoms with van der Waals surface area (Å²) in [6.45, 7) is -3.11. The fraction of sp³-hybridized carbons (Fsp3) is 0.250. The molecule has 0 unspecified atom stereocenters. The Balaban J connectivity index is 2.02. The van der Waals surface area contributed by atoms with Crippen molar-refractivity contribution in [1.29, 1.82) is 0 Å². The second-order valence-electron chi connectivity index (χ2n) is 6.16. The molecule has 0 radical (unpaired) electrons. The third-order valence-electron chi connectivity index (χ3n) is 3.87. The van der Waals surface area contributed by atoms with Gasteiger partial charge in [-0.2, -0.15) is 8.78 Å². The lowest BCUT2D eigenvalue weighted by atomic mass is 10.2. The Morgan fingerprint density at radius 2 is 1.87 bits per heavy atom. The molecule has 0 amide bonds. The first kappa shape index (κ1) is 23.3. The topological polar surface area (TPSA) is 82.1 Å². The van der Waals surface area contributed by atoms with E-state index in [0.717, 1.165) is 10.4 Å². The molecule has 0 fully saturated rings. The smallest absolute Gasteiger partial charge is 0.387 e. The maximum atomic E-state index is 12.4. The van der Waals surface area contributed by atoms with E-state index in [1.54, 1.807) is 12.1 Å². The molecule has 0 aliphatic rings. The maximum absolute atomic E-state index is 12.4. The SMILES string of the molecule is COc1cc(/C=C/C(=O)OCc2cccc(S(=O)(=O)N(C)C)c2)ccc1OC(F)F. The van der Waals surface area contributed by atoms with Gasteiger partial charge in [-0.05, 0) is 41.5 Å². The highest BCUT2D eigenvalue weighted by Crippen LogP contribution is 2.29. The zero-order valence-electron chi connectivity index (χ0n) is 16.5. The van der Waals surface area contributed by atoms with Crippen LogP contribution in [0.1, 0.15) is 11.1 Å². The van der Waals surface area contributed by atoms with Crippen molar-refractivity contribution in [3.63, 3.8) is 0 Å². The molecule has 162 valence electrons. The number of hydrogen-bond donors (Lipinski definition) is 0. The molecule has 7 nitrogen and oxygen atoms in total. The number of alkyl halides is 2. The first-order valence-corrected chi connectivity index (χ1v) is 10.1. The van der Waals surface area contributed by atoms with Gasteiger partial charge in [0, 0.05) is 20.2 Å². The van der Waals surface area contributed by atoms with Crippen LogP contribution in [-0.4, -0.2) is 46.5 Å². The summed E-state index contributed by atoms with van der Waals surface area (Å²) in [6, 6.07) is 10.3. The van der Waals surface area contributed by atoms with Gasteiger partial charge in [-0.3, -0.25) is 0 Å². The van der Waals surface area contributed by atoms with Crippen LogP contribution in [0.3, 0.4) is 0 Å². The highest BCUT2D eigenvalue weighted by molar-refractivity contribution is 7.89. The highest BCUT2D eigenvalue weighted by Gasteiger charge is 2.17. The van der Waals surface area contributed by atoms with Crippen LogP contribution >= 0.6 is 0 Å². The summed E-state index contributed by atoms with van der Waals surface area (Å²) in [4.78, 5) is 12.0. The number of carbonyl (C=O) groups is 1. The van der Waals surface area contributed by atoms with Crippen molar-refractivity contribution >= 4 is 22.1 Å². The number of halogens is 2. The summed E-state index contributed by atoms with van der Waals surface area (Å²) in [5, 5.41) is 0. The molecule has 10 heteroatoms. The summed E-state index contributed by atoms with van der Waals surface area (Å²) in [7, 11) is 0.563. The Morgan fingerprint density at radius 1 is 1.13 bits per heavy atom. The van der Waals surface area contributed by atoms with Crippen molar-refractivity contribution in [1.82, 2.24) is 4.31 Å². The molecule has 2 rings (SSSR count). The molecule has 2 aromatic rings. The highest BCUT2D eigenvalue weighted by atomic mass is 32.2. The summed E-state index contributed by atoms with van der Waals surface area (Å²) >= 11 is 0. The molecule has 2 aromatic carbocycles. The first-order chi connectivity index (χ1) is 14.1. The molecule has 0 atom stereocenters. The fourth-order valence-corrected chi connectivity index (χ4v) is 3.33. The van der Waals surface area contributed by atoms with E-state index in [9.17, 15) is 22.0 Å². The van der Waals surface area contributed by atoms with Crippen LogP contribution in [0.25, 0.3) is 6.08 Å². The molecule has 30 heavy (non-hydrogen) atoms. The van der Waals surface area contributed by atoms with Crippen molar-refractivity contribution in [2.45, 2.75) is 18.1 Å². The van der Waals surface area contributed by atoms with Gasteiger partial charge in [-0.25, -0.2) is 17.5 Å². The number of methoxy groups -OCH3 is 1. The van der Waals surface area contributed by atoms with Crippen LogP contribution in [0.15, 0.2) is 53.4 Å². The summed E-state index contributed by atoms with van der Waals surface area (Å²) in [6.07, 6.45) is 2.58. The standard InChI is InChI=1S/C20H21F2NO6S/c1-23(2)30(25,26)16-6-4-5-15(11-16)13-28-19(24)10-8-14-7-9-17(29-20(21)22)18(12-14)27-3/h4-12,20H,13H2,1-3H3/b10-8+. The van der Waals surface area contributed by atoms with Crippen LogP contribution < -0.4 is 9.47 Å². The Hall–Kier alpha value is -2.98. The monoisotopic (exact) mass is 441 g/mol. The number of carbonyl (C=O) groups excluding carboxylic acids is 1. The van der Waals surface area contributed by atoms with Crippen molar-refractivity contribution < 1.29 is 36.2 Å². The quantitative estimate of drug-likeness (QED) is 0.439. The molecular weight excluding hydrogens is 420 g/mol. The van der Waals surface area contributed by atoms with Crippen molar-refractivity contribution in [3.8, 4) is 11.5 Å². The number of ether oxygens (including phenoxy) is 3. The largest absolute Gasteiger partial charge is 0.493 e. The average molecular weight is 441 g/mol. The Kier molecular flexibility index (Phi) is 7.90. The van der Waals surface area contributed by atoms with Gasteiger partial charge in [0.25, 0.3) is 0 Å². The minimum Gasteiger partial charge on any atom is -0.493 e. The van der Waals surface area contributed by atoms with E-state index in [1.807, 2.05) is 0 Å². The molecule has 0 heterocycles. The average Bonchev–Trinajstić information content (AvgIpc) is 2.71. The van der Waals surface area contributed by atoms with Gasteiger partial charge in [0.15, 0.2) is 11.5 Å². The maximum Gasteiger partial charge on any atom is 0.387 e. The van der Waals surface area contributed by atoms with Crippen molar-refractivity contribution in [2.75, 3.05) is 21.2 Å². The molecule has 0 saturated carbocycles. The minimum absolute atomic E-state index is 0.0877. The molecule has 0 aliphatic carbocycles. The Bertz CT molecular complexity index is 1020. The first-order valence-electron chi connectivity index (χ1n) is 8.62. The molecular formula is C20H21F2NO6S. The summed E-state index contributed by atoms with van der Waals surface area (Å²) in [5.74, 6) is -0.702. The van der Waals surface area contributed by atoms with Gasteiger partial charge >= 0.3 is 12.6 Å². The van der Waals surface area contributed by atoms with Crippen LogP contribution in [0.4, 0.5) is 8.78 Å². The van der Waals surface area contributed by atoms with Crippen molar-refractivity contribution in [2.24, 2.45) is 0 Å². The number of esters is 1. The number of hydrogen-bond acceptors (Lipinski definition) is 6.